The van der Waals surface area contributed by atoms with Gasteiger partial charge in [0, 0.05) is 62.4 Å². The average Bonchev–Trinajstić information content (AvgIpc) is 3.55. The molecule has 4 aromatic heterocycles. The van der Waals surface area contributed by atoms with Crippen molar-refractivity contribution >= 4 is 87.2 Å². The molecule has 58 heavy (non-hydrogen) atoms. The Morgan fingerprint density at radius 3 is 1.47 bits per heavy atom. The molecule has 2 N–H and O–H groups in total. The lowest BCUT2D eigenvalue weighted by atomic mass is 9.99. The number of rotatable bonds is 5. The molecule has 12 aromatic rings. The van der Waals surface area contributed by atoms with Crippen LogP contribution in [-0.4, -0.2) is 32.2 Å². The number of aromatic nitrogens is 4. The van der Waals surface area contributed by atoms with Crippen molar-refractivity contribution in [3.05, 3.63) is 175 Å². The molecule has 0 saturated carbocycles. The number of benzene rings is 8. The molecule has 0 spiro atoms. The molecule has 0 amide bonds. The van der Waals surface area contributed by atoms with Gasteiger partial charge in [0.25, 0.3) is 0 Å². The van der Waals surface area contributed by atoms with E-state index in [4.69, 9.17) is 0 Å². The fourth-order valence-corrected chi connectivity index (χ4v) is 9.97. The maximum atomic E-state index is 3.57. The van der Waals surface area contributed by atoms with Gasteiger partial charge in [-0.3, -0.25) is 4.68 Å². The molecule has 6 nitrogen and oxygen atoms in total. The third kappa shape index (κ3) is 4.24. The third-order valence-electron chi connectivity index (χ3n) is 13.0. The van der Waals surface area contributed by atoms with Gasteiger partial charge in [-0.1, -0.05) is 91.0 Å². The van der Waals surface area contributed by atoms with E-state index in [0.717, 1.165) is 12.2 Å². The molecule has 1 saturated heterocycles. The second-order valence-corrected chi connectivity index (χ2v) is 16.2. The zero-order valence-corrected chi connectivity index (χ0v) is 32.2. The van der Waals surface area contributed by atoms with E-state index < -0.39 is 0 Å². The standard InChI is InChI=1S/C52H38N6/c1-52(31-54-52)34-21-25-50-42(29-34)38-13-5-9-17-48(38)57(50)58-49-18-10-6-14-39(49)43-30-35(22-26-51(43)58)55-44-15-7-3-11-36(44)40-27-32(19-23-45(40)55)33-20-24-47-41(28-33)37-12-4-8-16-46(37)56(47)53-2/h3-30,53-54H,31H2,1-2H3. The van der Waals surface area contributed by atoms with Crippen LogP contribution in [0.2, 0.25) is 0 Å². The zero-order chi connectivity index (χ0) is 38.3. The van der Waals surface area contributed by atoms with Gasteiger partial charge >= 0.3 is 0 Å². The molecular weight excluding hydrogens is 709 g/mol. The quantitative estimate of drug-likeness (QED) is 0.172. The second-order valence-electron chi connectivity index (χ2n) is 16.2. The monoisotopic (exact) mass is 746 g/mol. The van der Waals surface area contributed by atoms with Gasteiger partial charge in [0.1, 0.15) is 0 Å². The van der Waals surface area contributed by atoms with Gasteiger partial charge < -0.3 is 15.3 Å². The van der Waals surface area contributed by atoms with Gasteiger partial charge in [-0.15, -0.1) is 0 Å². The molecular formula is C52H38N6. The Balaban J connectivity index is 1.01. The number of hydrogen-bond donors (Lipinski definition) is 2. The summed E-state index contributed by atoms with van der Waals surface area (Å²) in [7, 11) is 1.98. The Bertz CT molecular complexity index is 3700. The van der Waals surface area contributed by atoms with Crippen molar-refractivity contribution in [3.8, 4) is 16.8 Å². The largest absolute Gasteiger partial charge is 0.328 e. The second kappa shape index (κ2) is 11.4. The van der Waals surface area contributed by atoms with Crippen molar-refractivity contribution < 1.29 is 0 Å². The first-order chi connectivity index (χ1) is 28.6. The van der Waals surface area contributed by atoms with Crippen LogP contribution < -0.4 is 10.7 Å². The van der Waals surface area contributed by atoms with Crippen LogP contribution >= 0.6 is 0 Å². The van der Waals surface area contributed by atoms with E-state index in [-0.39, 0.29) is 5.54 Å². The van der Waals surface area contributed by atoms with E-state index in [0.29, 0.717) is 0 Å². The fourth-order valence-electron chi connectivity index (χ4n) is 9.97. The summed E-state index contributed by atoms with van der Waals surface area (Å²) in [4.78, 5) is 0. The van der Waals surface area contributed by atoms with Crippen LogP contribution in [0.15, 0.2) is 170 Å². The van der Waals surface area contributed by atoms with E-state index in [1.54, 1.807) is 0 Å². The Morgan fingerprint density at radius 1 is 0.431 bits per heavy atom. The lowest BCUT2D eigenvalue weighted by Crippen LogP contribution is -2.09. The molecule has 13 rings (SSSR count). The van der Waals surface area contributed by atoms with Crippen LogP contribution in [0.3, 0.4) is 0 Å². The third-order valence-corrected chi connectivity index (χ3v) is 13.0. The minimum absolute atomic E-state index is 0.0539. The number of nitrogens with zero attached hydrogens (tertiary/aromatic N) is 4. The highest BCUT2D eigenvalue weighted by atomic mass is 15.5. The summed E-state index contributed by atoms with van der Waals surface area (Å²) in [6, 6.07) is 63.0. The van der Waals surface area contributed by atoms with E-state index >= 15 is 0 Å². The van der Waals surface area contributed by atoms with Crippen LogP contribution in [0.4, 0.5) is 0 Å². The summed E-state index contributed by atoms with van der Waals surface area (Å²) in [5.74, 6) is 0. The number of para-hydroxylation sites is 4. The minimum Gasteiger partial charge on any atom is -0.328 e. The van der Waals surface area contributed by atoms with Crippen molar-refractivity contribution in [2.45, 2.75) is 12.5 Å². The van der Waals surface area contributed by atoms with Gasteiger partial charge in [0.15, 0.2) is 0 Å². The lowest BCUT2D eigenvalue weighted by molar-refractivity contribution is 0.761. The van der Waals surface area contributed by atoms with Crippen molar-refractivity contribution in [1.29, 1.82) is 0 Å². The Labute approximate surface area is 333 Å². The summed E-state index contributed by atoms with van der Waals surface area (Å²) in [6.07, 6.45) is 0. The van der Waals surface area contributed by atoms with E-state index in [9.17, 15) is 0 Å². The number of hydrogen-bond acceptors (Lipinski definition) is 2. The van der Waals surface area contributed by atoms with Crippen molar-refractivity contribution in [1.82, 2.24) is 23.9 Å². The molecule has 1 aliphatic heterocycles. The number of fused-ring (bicyclic) bond motifs is 12. The van der Waals surface area contributed by atoms with Gasteiger partial charge in [-0.2, -0.15) is 0 Å². The maximum Gasteiger partial charge on any atom is 0.0717 e. The first-order valence-electron chi connectivity index (χ1n) is 20.2. The molecule has 8 aromatic carbocycles. The maximum absolute atomic E-state index is 3.57. The summed E-state index contributed by atoms with van der Waals surface area (Å²) < 4.78 is 9.47. The molecule has 276 valence electrons. The van der Waals surface area contributed by atoms with Gasteiger partial charge in [0.2, 0.25) is 0 Å². The topological polar surface area (TPSA) is 53.7 Å². The van der Waals surface area contributed by atoms with E-state index in [1.807, 2.05) is 7.05 Å². The van der Waals surface area contributed by atoms with Crippen LogP contribution in [0, 0.1) is 0 Å². The van der Waals surface area contributed by atoms with Crippen LogP contribution in [0.5, 0.6) is 0 Å². The molecule has 1 aliphatic rings. The summed E-state index contributed by atoms with van der Waals surface area (Å²) in [5, 5.41) is 13.5. The van der Waals surface area contributed by atoms with Crippen LogP contribution in [0.25, 0.3) is 104 Å². The molecule has 0 radical (unpaired) electrons. The highest BCUT2D eigenvalue weighted by molar-refractivity contribution is 6.15. The van der Waals surface area contributed by atoms with Gasteiger partial charge in [0.05, 0.1) is 49.7 Å². The van der Waals surface area contributed by atoms with E-state index in [2.05, 4.69) is 206 Å². The predicted octanol–water partition coefficient (Wildman–Crippen LogP) is 12.1. The number of nitrogens with one attached hydrogen (secondary N) is 2. The molecule has 1 atom stereocenters. The summed E-state index contributed by atoms with van der Waals surface area (Å²) in [5.41, 5.74) is 17.8. The van der Waals surface area contributed by atoms with Crippen LogP contribution in [-0.2, 0) is 5.54 Å². The molecule has 5 heterocycles. The Hall–Kier alpha value is -7.28. The minimum atomic E-state index is 0.0539. The zero-order valence-electron chi connectivity index (χ0n) is 32.2. The normalized spacial score (nSPS) is 15.7. The highest BCUT2D eigenvalue weighted by Gasteiger charge is 2.38. The Kier molecular flexibility index (Phi) is 6.27. The van der Waals surface area contributed by atoms with Crippen molar-refractivity contribution in [2.75, 3.05) is 19.0 Å². The SMILES string of the molecule is CNn1c2ccccc2c2cc(-c3ccc4c(c3)c3ccccc3n4-c3ccc4c(c3)c3ccccc3n4-n3c4ccccc4c4cc(C5(C)CN5)ccc43)ccc21. The molecule has 0 aliphatic carbocycles. The first-order valence-corrected chi connectivity index (χ1v) is 20.2. The lowest BCUT2D eigenvalue weighted by Gasteiger charge is -2.14. The fraction of sp³-hybridized carbons (Fsp3) is 0.0769. The highest BCUT2D eigenvalue weighted by Crippen LogP contribution is 2.41. The molecule has 6 heteroatoms. The molecule has 1 fully saturated rings. The Morgan fingerprint density at radius 2 is 0.845 bits per heavy atom. The predicted molar refractivity (Wildman–Crippen MR) is 243 cm³/mol. The average molecular weight is 747 g/mol. The molecule has 1 unspecified atom stereocenters. The summed E-state index contributed by atoms with van der Waals surface area (Å²) >= 11 is 0. The van der Waals surface area contributed by atoms with Gasteiger partial charge in [-0.25, -0.2) is 9.35 Å². The molecule has 0 bridgehead atoms. The van der Waals surface area contributed by atoms with Gasteiger partial charge in [-0.05, 0) is 102 Å². The van der Waals surface area contributed by atoms with Crippen molar-refractivity contribution in [3.63, 3.8) is 0 Å². The first kappa shape index (κ1) is 31.9. The smallest absolute Gasteiger partial charge is 0.0717 e. The van der Waals surface area contributed by atoms with E-state index in [1.165, 1.54) is 104 Å². The van der Waals surface area contributed by atoms with Crippen LogP contribution in [0.1, 0.15) is 12.5 Å². The van der Waals surface area contributed by atoms with Crippen molar-refractivity contribution in [2.24, 2.45) is 0 Å². The summed E-state index contributed by atoms with van der Waals surface area (Å²) in [6.45, 7) is 3.30.